The highest BCUT2D eigenvalue weighted by Gasteiger charge is 2.31. The van der Waals surface area contributed by atoms with Crippen molar-refractivity contribution in [2.75, 3.05) is 14.2 Å². The first kappa shape index (κ1) is 29.4. The number of halogens is 5. The number of hydrogen-bond acceptors (Lipinski definition) is 6. The van der Waals surface area contributed by atoms with Gasteiger partial charge in [-0.15, -0.1) is 11.3 Å². The van der Waals surface area contributed by atoms with Crippen molar-refractivity contribution in [1.29, 1.82) is 0 Å². The Hall–Kier alpha value is -4.06. The molecule has 5 rings (SSSR count). The van der Waals surface area contributed by atoms with Crippen LogP contribution in [-0.2, 0) is 6.18 Å². The number of methoxy groups -OCH3 is 2. The minimum Gasteiger partial charge on any atom is -0.497 e. The number of nitrogens with zero attached hydrogens (tertiary/aromatic N) is 5. The van der Waals surface area contributed by atoms with Gasteiger partial charge in [-0.2, -0.15) is 23.4 Å². The number of aryl methyl sites for hydroxylation is 1. The van der Waals surface area contributed by atoms with Crippen LogP contribution in [0.2, 0.25) is 10.2 Å². The Morgan fingerprint density at radius 2 is 1.74 bits per heavy atom. The van der Waals surface area contributed by atoms with Crippen molar-refractivity contribution < 1.29 is 22.6 Å². The van der Waals surface area contributed by atoms with Crippen LogP contribution in [-0.4, -0.2) is 34.9 Å². The smallest absolute Gasteiger partial charge is 0.416 e. The summed E-state index contributed by atoms with van der Waals surface area (Å²) < 4.78 is 53.8. The zero-order valence-electron chi connectivity index (χ0n) is 22.4. The zero-order chi connectivity index (χ0) is 30.0. The summed E-state index contributed by atoms with van der Waals surface area (Å²) in [4.78, 5) is 5.27. The van der Waals surface area contributed by atoms with E-state index in [1.807, 2.05) is 11.4 Å². The van der Waals surface area contributed by atoms with E-state index in [2.05, 4.69) is 5.10 Å². The minimum atomic E-state index is -4.51. The molecule has 42 heavy (non-hydrogen) atoms. The Balaban J connectivity index is 1.63. The van der Waals surface area contributed by atoms with E-state index < -0.39 is 11.7 Å². The Morgan fingerprint density at radius 1 is 0.976 bits per heavy atom. The van der Waals surface area contributed by atoms with Gasteiger partial charge in [-0.1, -0.05) is 29.3 Å². The second-order valence-electron chi connectivity index (χ2n) is 8.86. The topological polar surface area (TPSA) is 65.9 Å². The monoisotopic (exact) mass is 631 g/mol. The normalized spacial score (nSPS) is 12.3. The van der Waals surface area contributed by atoms with E-state index in [9.17, 15) is 13.2 Å². The summed E-state index contributed by atoms with van der Waals surface area (Å²) in [5.74, 6) is 1.18. The SMILES string of the molecule is COc1ccc(-c2csc(=Nc3ccc(Cl)cc3)n2/N=C\c2c(C)nn(-c3cccc(C(F)(F)F)c3)c2Cl)c(OC)c1. The summed E-state index contributed by atoms with van der Waals surface area (Å²) in [6.07, 6.45) is -3.00. The number of thiazole rings is 1. The van der Waals surface area contributed by atoms with Crippen LogP contribution in [0.4, 0.5) is 18.9 Å². The molecule has 0 saturated heterocycles. The predicted molar refractivity (Wildman–Crippen MR) is 159 cm³/mol. The molecule has 13 heteroatoms. The summed E-state index contributed by atoms with van der Waals surface area (Å²) in [5, 5.41) is 11.7. The summed E-state index contributed by atoms with van der Waals surface area (Å²) >= 11 is 14.0. The third-order valence-corrected chi connectivity index (χ3v) is 7.62. The average Bonchev–Trinajstić information content (AvgIpc) is 3.50. The summed E-state index contributed by atoms with van der Waals surface area (Å²) in [5.41, 5.74) is 2.32. The van der Waals surface area contributed by atoms with Crippen LogP contribution in [0.1, 0.15) is 16.8 Å². The van der Waals surface area contributed by atoms with Crippen molar-refractivity contribution in [2.24, 2.45) is 10.1 Å². The van der Waals surface area contributed by atoms with Gasteiger partial charge in [0, 0.05) is 22.0 Å². The third kappa shape index (κ3) is 6.08. The fraction of sp³-hybridized carbons (Fsp3) is 0.138. The Bertz CT molecular complexity index is 1840. The van der Waals surface area contributed by atoms with Crippen LogP contribution < -0.4 is 14.3 Å². The van der Waals surface area contributed by atoms with Gasteiger partial charge in [0.25, 0.3) is 0 Å². The van der Waals surface area contributed by atoms with Crippen molar-refractivity contribution in [3.8, 4) is 28.4 Å². The van der Waals surface area contributed by atoms with Crippen molar-refractivity contribution in [1.82, 2.24) is 14.5 Å². The van der Waals surface area contributed by atoms with Crippen LogP contribution >= 0.6 is 34.5 Å². The van der Waals surface area contributed by atoms with Gasteiger partial charge in [-0.05, 0) is 61.5 Å². The summed E-state index contributed by atoms with van der Waals surface area (Å²) in [6.45, 7) is 1.70. The van der Waals surface area contributed by atoms with Crippen LogP contribution in [0.5, 0.6) is 11.5 Å². The largest absolute Gasteiger partial charge is 0.497 e. The van der Waals surface area contributed by atoms with E-state index in [-0.39, 0.29) is 10.8 Å². The highest BCUT2D eigenvalue weighted by Crippen LogP contribution is 2.34. The molecule has 0 aliphatic rings. The lowest BCUT2D eigenvalue weighted by Crippen LogP contribution is -2.12. The maximum Gasteiger partial charge on any atom is 0.416 e. The second kappa shape index (κ2) is 12.0. The molecule has 0 bridgehead atoms. The summed E-state index contributed by atoms with van der Waals surface area (Å²) in [6, 6.07) is 17.2. The third-order valence-electron chi connectivity index (χ3n) is 6.19. The Kier molecular flexibility index (Phi) is 8.44. The molecule has 2 heterocycles. The number of rotatable bonds is 7. The van der Waals surface area contributed by atoms with Crippen molar-refractivity contribution >= 4 is 46.4 Å². The number of benzene rings is 3. The lowest BCUT2D eigenvalue weighted by atomic mass is 10.1. The van der Waals surface area contributed by atoms with Gasteiger partial charge in [0.05, 0.1) is 54.3 Å². The van der Waals surface area contributed by atoms with Gasteiger partial charge in [0.15, 0.2) is 0 Å². The van der Waals surface area contributed by atoms with Gasteiger partial charge >= 0.3 is 6.18 Å². The van der Waals surface area contributed by atoms with Crippen LogP contribution in [0.3, 0.4) is 0 Å². The van der Waals surface area contributed by atoms with Gasteiger partial charge in [0.2, 0.25) is 4.80 Å². The summed E-state index contributed by atoms with van der Waals surface area (Å²) in [7, 11) is 3.13. The standard InChI is InChI=1S/C29H22Cl2F3N5O2S/c1-17-24(27(31)38(37-17)21-6-4-5-18(13-21)29(32,33)34)15-35-39-25(23-12-11-22(40-2)14-26(23)41-3)16-42-28(39)36-20-9-7-19(30)8-10-20/h4-16H,1-3H3/b35-15-,36-28?. The highest BCUT2D eigenvalue weighted by molar-refractivity contribution is 7.07. The Labute approximate surface area is 252 Å². The molecule has 7 nitrogen and oxygen atoms in total. The Morgan fingerprint density at radius 3 is 2.43 bits per heavy atom. The first-order valence-electron chi connectivity index (χ1n) is 12.3. The molecule has 0 fully saturated rings. The van der Waals surface area contributed by atoms with Gasteiger partial charge in [0.1, 0.15) is 16.7 Å². The van der Waals surface area contributed by atoms with Gasteiger partial charge in [-0.3, -0.25) is 0 Å². The molecule has 0 N–H and O–H groups in total. The van der Waals surface area contributed by atoms with E-state index in [0.29, 0.717) is 44.0 Å². The molecule has 0 aliphatic heterocycles. The first-order valence-corrected chi connectivity index (χ1v) is 13.9. The first-order chi connectivity index (χ1) is 20.1. The molecule has 5 aromatic rings. The van der Waals surface area contributed by atoms with Crippen LogP contribution in [0, 0.1) is 6.92 Å². The molecular formula is C29H22Cl2F3N5O2S. The molecule has 0 aliphatic carbocycles. The van der Waals surface area contributed by atoms with Crippen molar-refractivity contribution in [2.45, 2.75) is 13.1 Å². The highest BCUT2D eigenvalue weighted by atomic mass is 35.5. The maximum absolute atomic E-state index is 13.3. The van der Waals surface area contributed by atoms with E-state index >= 15 is 0 Å². The zero-order valence-corrected chi connectivity index (χ0v) is 24.7. The van der Waals surface area contributed by atoms with E-state index in [4.69, 9.17) is 42.8 Å². The molecular weight excluding hydrogens is 610 g/mol. The molecule has 0 amide bonds. The number of ether oxygens (including phenoxy) is 2. The average molecular weight is 632 g/mol. The number of aromatic nitrogens is 3. The molecule has 216 valence electrons. The van der Waals surface area contributed by atoms with Gasteiger partial charge in [-0.25, -0.2) is 14.4 Å². The van der Waals surface area contributed by atoms with Crippen molar-refractivity contribution in [3.05, 3.63) is 104 Å². The van der Waals surface area contributed by atoms with Crippen LogP contribution in [0.15, 0.2) is 82.2 Å². The van der Waals surface area contributed by atoms with E-state index in [1.54, 1.807) is 62.2 Å². The quantitative estimate of drug-likeness (QED) is 0.170. The maximum atomic E-state index is 13.3. The number of alkyl halides is 3. The van der Waals surface area contributed by atoms with Crippen molar-refractivity contribution in [3.63, 3.8) is 0 Å². The molecule has 3 aromatic carbocycles. The van der Waals surface area contributed by atoms with Gasteiger partial charge < -0.3 is 9.47 Å². The fourth-order valence-corrected chi connectivity index (χ4v) is 5.36. The lowest BCUT2D eigenvalue weighted by molar-refractivity contribution is -0.137. The molecule has 0 spiro atoms. The van der Waals surface area contributed by atoms with E-state index in [1.165, 1.54) is 34.4 Å². The minimum absolute atomic E-state index is 0.103. The second-order valence-corrected chi connectivity index (χ2v) is 10.5. The predicted octanol–water partition coefficient (Wildman–Crippen LogP) is 8.17. The molecule has 0 atom stereocenters. The molecule has 0 saturated carbocycles. The lowest BCUT2D eigenvalue weighted by Gasteiger charge is -2.11. The molecule has 0 radical (unpaired) electrons. The number of hydrogen-bond donors (Lipinski definition) is 0. The fourth-order valence-electron chi connectivity index (χ4n) is 4.07. The molecule has 0 unspecified atom stereocenters. The molecule has 2 aromatic heterocycles. The van der Waals surface area contributed by atoms with E-state index in [0.717, 1.165) is 17.7 Å². The van der Waals surface area contributed by atoms with Crippen LogP contribution in [0.25, 0.3) is 16.9 Å².